The minimum atomic E-state index is -1.06. The molecule has 1 amide bonds. The molecule has 0 fully saturated rings. The summed E-state index contributed by atoms with van der Waals surface area (Å²) in [6.45, 7) is 3.72. The first kappa shape index (κ1) is 13.0. The topological polar surface area (TPSA) is 91.3 Å². The van der Waals surface area contributed by atoms with Gasteiger partial charge in [0.1, 0.15) is 0 Å². The summed E-state index contributed by atoms with van der Waals surface area (Å²) in [7, 11) is 0. The van der Waals surface area contributed by atoms with Crippen LogP contribution in [0.25, 0.3) is 0 Å². The highest BCUT2D eigenvalue weighted by atomic mass is 16.4. The molecule has 0 aliphatic carbocycles. The van der Waals surface area contributed by atoms with E-state index < -0.39 is 5.97 Å². The predicted octanol–water partition coefficient (Wildman–Crippen LogP) is 0.716. The Morgan fingerprint density at radius 1 is 1.47 bits per heavy atom. The zero-order chi connectivity index (χ0) is 12.8. The van der Waals surface area contributed by atoms with Gasteiger partial charge in [0.2, 0.25) is 5.91 Å². The molecule has 0 saturated heterocycles. The van der Waals surface area contributed by atoms with Crippen molar-refractivity contribution in [3.8, 4) is 0 Å². The number of carbonyl (C=O) groups excluding carboxylic acids is 1. The molecule has 0 bridgehead atoms. The molecule has 0 atom stereocenters. The van der Waals surface area contributed by atoms with Crippen molar-refractivity contribution in [1.82, 2.24) is 10.3 Å². The van der Waals surface area contributed by atoms with E-state index in [0.717, 1.165) is 0 Å². The molecule has 1 rings (SSSR count). The van der Waals surface area contributed by atoms with E-state index in [-0.39, 0.29) is 24.1 Å². The van der Waals surface area contributed by atoms with E-state index in [9.17, 15) is 9.59 Å². The Bertz CT molecular complexity index is 418. The van der Waals surface area contributed by atoms with Crippen LogP contribution < -0.4 is 10.6 Å². The molecule has 1 heterocycles. The molecule has 17 heavy (non-hydrogen) atoms. The van der Waals surface area contributed by atoms with E-state index in [2.05, 4.69) is 15.6 Å². The smallest absolute Gasteiger partial charge is 0.337 e. The number of carbonyl (C=O) groups is 2. The lowest BCUT2D eigenvalue weighted by atomic mass is 10.2. The number of aromatic carboxylic acids is 1. The van der Waals surface area contributed by atoms with Gasteiger partial charge in [-0.15, -0.1) is 0 Å². The number of amides is 1. The van der Waals surface area contributed by atoms with Crippen LogP contribution >= 0.6 is 0 Å². The number of anilines is 1. The summed E-state index contributed by atoms with van der Waals surface area (Å²) in [4.78, 5) is 26.1. The summed E-state index contributed by atoms with van der Waals surface area (Å²) in [5.74, 6) is -1.25. The van der Waals surface area contributed by atoms with Crippen LogP contribution in [0, 0.1) is 0 Å². The second-order valence-electron chi connectivity index (χ2n) is 3.80. The molecule has 0 unspecified atom stereocenters. The number of pyridine rings is 1. The van der Waals surface area contributed by atoms with Gasteiger partial charge >= 0.3 is 5.97 Å². The second kappa shape index (κ2) is 5.83. The van der Waals surface area contributed by atoms with E-state index in [1.54, 1.807) is 0 Å². The second-order valence-corrected chi connectivity index (χ2v) is 3.80. The summed E-state index contributed by atoms with van der Waals surface area (Å²) < 4.78 is 0. The average molecular weight is 237 g/mol. The zero-order valence-electron chi connectivity index (χ0n) is 9.73. The fourth-order valence-electron chi connectivity index (χ4n) is 1.27. The van der Waals surface area contributed by atoms with Gasteiger partial charge < -0.3 is 15.7 Å². The lowest BCUT2D eigenvalue weighted by Crippen LogP contribution is -2.35. The van der Waals surface area contributed by atoms with E-state index in [0.29, 0.717) is 5.69 Å². The number of rotatable bonds is 5. The summed E-state index contributed by atoms with van der Waals surface area (Å²) in [5.41, 5.74) is 0.427. The number of hydrogen-bond acceptors (Lipinski definition) is 4. The maximum absolute atomic E-state index is 11.4. The third kappa shape index (κ3) is 4.10. The van der Waals surface area contributed by atoms with Crippen LogP contribution in [-0.4, -0.2) is 34.6 Å². The lowest BCUT2D eigenvalue weighted by Gasteiger charge is -2.11. The largest absolute Gasteiger partial charge is 0.478 e. The molecular formula is C11H15N3O3. The van der Waals surface area contributed by atoms with Crippen LogP contribution in [0.15, 0.2) is 18.5 Å². The fraction of sp³-hybridized carbons (Fsp3) is 0.364. The molecule has 1 aromatic rings. The van der Waals surface area contributed by atoms with Crippen LogP contribution in [0.4, 0.5) is 5.69 Å². The summed E-state index contributed by atoms with van der Waals surface area (Å²) in [6.07, 6.45) is 2.77. The highest BCUT2D eigenvalue weighted by Gasteiger charge is 2.10. The molecule has 0 aromatic carbocycles. The molecule has 1 aromatic heterocycles. The van der Waals surface area contributed by atoms with E-state index in [1.165, 1.54) is 18.5 Å². The molecule has 6 heteroatoms. The third-order valence-electron chi connectivity index (χ3n) is 1.94. The number of aromatic nitrogens is 1. The van der Waals surface area contributed by atoms with Gasteiger partial charge in [0.15, 0.2) is 0 Å². The van der Waals surface area contributed by atoms with Gasteiger partial charge in [-0.3, -0.25) is 9.78 Å². The quantitative estimate of drug-likeness (QED) is 0.701. The van der Waals surface area contributed by atoms with Crippen molar-refractivity contribution in [3.05, 3.63) is 24.0 Å². The Morgan fingerprint density at radius 3 is 2.76 bits per heavy atom. The third-order valence-corrected chi connectivity index (χ3v) is 1.94. The Balaban J connectivity index is 2.63. The predicted molar refractivity (Wildman–Crippen MR) is 63.0 cm³/mol. The molecule has 0 aliphatic rings. The molecule has 0 radical (unpaired) electrons. The van der Waals surface area contributed by atoms with Gasteiger partial charge in [-0.1, -0.05) is 0 Å². The number of carboxylic acids is 1. The van der Waals surface area contributed by atoms with Crippen LogP contribution in [0.3, 0.4) is 0 Å². The molecular weight excluding hydrogens is 222 g/mol. The van der Waals surface area contributed by atoms with Crippen LogP contribution in [0.2, 0.25) is 0 Å². The minimum Gasteiger partial charge on any atom is -0.478 e. The average Bonchev–Trinajstić information content (AvgIpc) is 2.25. The maximum Gasteiger partial charge on any atom is 0.337 e. The molecule has 3 N–H and O–H groups in total. The number of carboxylic acid groups (broad SMARTS) is 1. The van der Waals surface area contributed by atoms with E-state index >= 15 is 0 Å². The van der Waals surface area contributed by atoms with Crippen molar-refractivity contribution >= 4 is 17.6 Å². The zero-order valence-corrected chi connectivity index (χ0v) is 9.73. The maximum atomic E-state index is 11.4. The standard InChI is InChI=1S/C11H15N3O3/c1-7(2)14-10(15)6-13-9-5-12-4-3-8(9)11(16)17/h3-5,7,13H,6H2,1-2H3,(H,14,15)(H,16,17). The lowest BCUT2D eigenvalue weighted by molar-refractivity contribution is -0.119. The number of hydrogen-bond donors (Lipinski definition) is 3. The molecule has 92 valence electrons. The van der Waals surface area contributed by atoms with Crippen molar-refractivity contribution in [2.45, 2.75) is 19.9 Å². The molecule has 6 nitrogen and oxygen atoms in total. The summed E-state index contributed by atoms with van der Waals surface area (Å²) >= 11 is 0. The highest BCUT2D eigenvalue weighted by Crippen LogP contribution is 2.12. The highest BCUT2D eigenvalue weighted by molar-refractivity contribution is 5.94. The van der Waals surface area contributed by atoms with Crippen LogP contribution in [0.1, 0.15) is 24.2 Å². The van der Waals surface area contributed by atoms with Crippen molar-refractivity contribution in [1.29, 1.82) is 0 Å². The minimum absolute atomic E-state index is 0.0180. The van der Waals surface area contributed by atoms with E-state index in [4.69, 9.17) is 5.11 Å². The van der Waals surface area contributed by atoms with Crippen molar-refractivity contribution < 1.29 is 14.7 Å². The van der Waals surface area contributed by atoms with Gasteiger partial charge in [-0.2, -0.15) is 0 Å². The van der Waals surface area contributed by atoms with Crippen molar-refractivity contribution in [2.75, 3.05) is 11.9 Å². The fourth-order valence-corrected chi connectivity index (χ4v) is 1.27. The van der Waals surface area contributed by atoms with Crippen molar-refractivity contribution in [2.24, 2.45) is 0 Å². The molecule has 0 aliphatic heterocycles. The monoisotopic (exact) mass is 237 g/mol. The van der Waals surface area contributed by atoms with Gasteiger partial charge in [-0.05, 0) is 19.9 Å². The van der Waals surface area contributed by atoms with Gasteiger partial charge in [0.25, 0.3) is 0 Å². The number of nitrogens with one attached hydrogen (secondary N) is 2. The molecule has 0 saturated carbocycles. The van der Waals surface area contributed by atoms with Gasteiger partial charge in [-0.25, -0.2) is 4.79 Å². The Labute approximate surface area is 99.1 Å². The van der Waals surface area contributed by atoms with Gasteiger partial charge in [0.05, 0.1) is 24.0 Å². The van der Waals surface area contributed by atoms with Gasteiger partial charge in [0, 0.05) is 12.2 Å². The number of nitrogens with zero attached hydrogens (tertiary/aromatic N) is 1. The first-order valence-electron chi connectivity index (χ1n) is 5.21. The Hall–Kier alpha value is -2.11. The summed E-state index contributed by atoms with van der Waals surface area (Å²) in [6, 6.07) is 1.43. The summed E-state index contributed by atoms with van der Waals surface area (Å²) in [5, 5.41) is 14.3. The molecule has 0 spiro atoms. The first-order chi connectivity index (χ1) is 8.00. The van der Waals surface area contributed by atoms with Crippen LogP contribution in [-0.2, 0) is 4.79 Å². The van der Waals surface area contributed by atoms with Crippen molar-refractivity contribution in [3.63, 3.8) is 0 Å². The van der Waals surface area contributed by atoms with E-state index in [1.807, 2.05) is 13.8 Å². The Morgan fingerprint density at radius 2 is 2.18 bits per heavy atom. The first-order valence-corrected chi connectivity index (χ1v) is 5.21. The normalized spacial score (nSPS) is 10.1. The van der Waals surface area contributed by atoms with Crippen LogP contribution in [0.5, 0.6) is 0 Å². The SMILES string of the molecule is CC(C)NC(=O)CNc1cnccc1C(=O)O. The Kier molecular flexibility index (Phi) is 4.45.